The summed E-state index contributed by atoms with van der Waals surface area (Å²) in [4.78, 5) is 22.5. The van der Waals surface area contributed by atoms with Gasteiger partial charge in [0, 0.05) is 25.7 Å². The first kappa shape index (κ1) is 16.0. The Morgan fingerprint density at radius 1 is 1.32 bits per heavy atom. The van der Waals surface area contributed by atoms with Gasteiger partial charge in [-0.2, -0.15) is 0 Å². The maximum absolute atomic E-state index is 11.7. The zero-order valence-electron chi connectivity index (χ0n) is 11.9. The van der Waals surface area contributed by atoms with Gasteiger partial charge in [0.05, 0.1) is 5.92 Å². The van der Waals surface area contributed by atoms with Crippen molar-refractivity contribution in [2.45, 2.75) is 52.0 Å². The predicted molar refractivity (Wildman–Crippen MR) is 71.8 cm³/mol. The second kappa shape index (κ2) is 8.15. The van der Waals surface area contributed by atoms with Gasteiger partial charge in [0.1, 0.15) is 0 Å². The van der Waals surface area contributed by atoms with Gasteiger partial charge in [0.25, 0.3) is 0 Å². The second-order valence-electron chi connectivity index (χ2n) is 5.43. The molecule has 0 bridgehead atoms. The van der Waals surface area contributed by atoms with E-state index in [1.54, 1.807) is 13.8 Å². The van der Waals surface area contributed by atoms with Gasteiger partial charge < -0.3 is 15.2 Å². The molecule has 0 radical (unpaired) electrons. The van der Waals surface area contributed by atoms with Crippen LogP contribution in [-0.4, -0.2) is 36.2 Å². The van der Waals surface area contributed by atoms with Crippen molar-refractivity contribution in [3.8, 4) is 0 Å². The van der Waals surface area contributed by atoms with Crippen LogP contribution in [-0.2, 0) is 14.3 Å². The van der Waals surface area contributed by atoms with Crippen LogP contribution in [0, 0.1) is 11.8 Å². The number of hydrogen-bond acceptors (Lipinski definition) is 3. The van der Waals surface area contributed by atoms with Crippen molar-refractivity contribution in [2.75, 3.05) is 13.2 Å². The lowest BCUT2D eigenvalue weighted by molar-refractivity contribution is -0.142. The van der Waals surface area contributed by atoms with E-state index in [2.05, 4.69) is 5.32 Å². The number of carboxylic acids is 1. The highest BCUT2D eigenvalue weighted by Crippen LogP contribution is 2.20. The maximum atomic E-state index is 11.7. The lowest BCUT2D eigenvalue weighted by atomic mass is 9.94. The van der Waals surface area contributed by atoms with E-state index in [4.69, 9.17) is 9.84 Å². The molecular formula is C14H25NO4. The van der Waals surface area contributed by atoms with Gasteiger partial charge in [-0.25, -0.2) is 0 Å². The standard InChI is InChI=1S/C14H25NO4/c1-10(14(17)18)11(2)15-13(16)5-3-4-12-6-8-19-9-7-12/h10-12H,3-9H2,1-2H3,(H,15,16)(H,17,18). The number of aliphatic carboxylic acids is 1. The summed E-state index contributed by atoms with van der Waals surface area (Å²) in [6.07, 6.45) is 4.58. The number of nitrogens with one attached hydrogen (secondary N) is 1. The number of carbonyl (C=O) groups excluding carboxylic acids is 1. The summed E-state index contributed by atoms with van der Waals surface area (Å²) in [6.45, 7) is 5.01. The number of rotatable bonds is 7. The van der Waals surface area contributed by atoms with E-state index in [0.717, 1.165) is 38.9 Å². The topological polar surface area (TPSA) is 75.6 Å². The Morgan fingerprint density at radius 3 is 2.53 bits per heavy atom. The number of ether oxygens (including phenoxy) is 1. The lowest BCUT2D eigenvalue weighted by Gasteiger charge is -2.22. The third-order valence-electron chi connectivity index (χ3n) is 3.89. The van der Waals surface area contributed by atoms with Crippen molar-refractivity contribution in [1.82, 2.24) is 5.32 Å². The molecule has 0 aromatic heterocycles. The van der Waals surface area contributed by atoms with Crippen LogP contribution >= 0.6 is 0 Å². The molecule has 2 unspecified atom stereocenters. The molecule has 1 saturated heterocycles. The van der Waals surface area contributed by atoms with Crippen molar-refractivity contribution >= 4 is 11.9 Å². The van der Waals surface area contributed by atoms with Crippen LogP contribution in [0.15, 0.2) is 0 Å². The van der Waals surface area contributed by atoms with Crippen LogP contribution in [0.25, 0.3) is 0 Å². The molecule has 1 aliphatic rings. The third kappa shape index (κ3) is 6.05. The summed E-state index contributed by atoms with van der Waals surface area (Å²) in [5.74, 6) is -0.806. The van der Waals surface area contributed by atoms with E-state index in [1.165, 1.54) is 0 Å². The van der Waals surface area contributed by atoms with Crippen LogP contribution in [0.1, 0.15) is 46.0 Å². The van der Waals surface area contributed by atoms with Crippen molar-refractivity contribution in [3.05, 3.63) is 0 Å². The van der Waals surface area contributed by atoms with Gasteiger partial charge in [-0.3, -0.25) is 9.59 Å². The monoisotopic (exact) mass is 271 g/mol. The van der Waals surface area contributed by atoms with E-state index in [1.807, 2.05) is 0 Å². The SMILES string of the molecule is CC(NC(=O)CCCC1CCOCC1)C(C)C(=O)O. The van der Waals surface area contributed by atoms with Gasteiger partial charge in [-0.05, 0) is 45.4 Å². The number of hydrogen-bond donors (Lipinski definition) is 2. The molecule has 1 aliphatic heterocycles. The van der Waals surface area contributed by atoms with E-state index < -0.39 is 11.9 Å². The lowest BCUT2D eigenvalue weighted by Crippen LogP contribution is -2.39. The molecule has 1 amide bonds. The highest BCUT2D eigenvalue weighted by Gasteiger charge is 2.21. The highest BCUT2D eigenvalue weighted by atomic mass is 16.5. The van der Waals surface area contributed by atoms with E-state index in [9.17, 15) is 9.59 Å². The summed E-state index contributed by atoms with van der Waals surface area (Å²) >= 11 is 0. The Kier molecular flexibility index (Phi) is 6.84. The molecule has 0 aliphatic carbocycles. The molecule has 110 valence electrons. The molecule has 1 rings (SSSR count). The molecule has 0 aromatic carbocycles. The summed E-state index contributed by atoms with van der Waals surface area (Å²) in [6, 6.07) is -0.326. The molecule has 5 nitrogen and oxygen atoms in total. The fourth-order valence-corrected chi connectivity index (χ4v) is 2.25. The van der Waals surface area contributed by atoms with Crippen LogP contribution in [0.2, 0.25) is 0 Å². The van der Waals surface area contributed by atoms with Crippen LogP contribution < -0.4 is 5.32 Å². The summed E-state index contributed by atoms with van der Waals surface area (Å²) in [7, 11) is 0. The van der Waals surface area contributed by atoms with E-state index in [-0.39, 0.29) is 11.9 Å². The largest absolute Gasteiger partial charge is 0.481 e. The van der Waals surface area contributed by atoms with Crippen molar-refractivity contribution < 1.29 is 19.4 Å². The average molecular weight is 271 g/mol. The quantitative estimate of drug-likeness (QED) is 0.740. The summed E-state index contributed by atoms with van der Waals surface area (Å²) in [5.41, 5.74) is 0. The average Bonchev–Trinajstić information content (AvgIpc) is 2.38. The molecule has 0 spiro atoms. The van der Waals surface area contributed by atoms with E-state index in [0.29, 0.717) is 12.3 Å². The fourth-order valence-electron chi connectivity index (χ4n) is 2.25. The number of carboxylic acid groups (broad SMARTS) is 1. The Balaban J connectivity index is 2.15. The summed E-state index contributed by atoms with van der Waals surface area (Å²) < 4.78 is 5.29. The number of carbonyl (C=O) groups is 2. The normalized spacial score (nSPS) is 19.7. The zero-order chi connectivity index (χ0) is 14.3. The Labute approximate surface area is 114 Å². The zero-order valence-corrected chi connectivity index (χ0v) is 11.9. The molecule has 2 N–H and O–H groups in total. The molecule has 19 heavy (non-hydrogen) atoms. The molecule has 0 saturated carbocycles. The number of amides is 1. The van der Waals surface area contributed by atoms with E-state index >= 15 is 0 Å². The molecule has 5 heteroatoms. The fraction of sp³-hybridized carbons (Fsp3) is 0.857. The van der Waals surface area contributed by atoms with Crippen molar-refractivity contribution in [1.29, 1.82) is 0 Å². The Bertz CT molecular complexity index is 300. The third-order valence-corrected chi connectivity index (χ3v) is 3.89. The maximum Gasteiger partial charge on any atom is 0.308 e. The molecule has 1 fully saturated rings. The highest BCUT2D eigenvalue weighted by molar-refractivity contribution is 5.77. The first-order valence-corrected chi connectivity index (χ1v) is 7.10. The van der Waals surface area contributed by atoms with Gasteiger partial charge in [0.2, 0.25) is 5.91 Å². The van der Waals surface area contributed by atoms with Crippen molar-refractivity contribution in [2.24, 2.45) is 11.8 Å². The first-order valence-electron chi connectivity index (χ1n) is 7.10. The summed E-state index contributed by atoms with van der Waals surface area (Å²) in [5, 5.41) is 11.6. The molecule has 2 atom stereocenters. The molecule has 0 aromatic rings. The van der Waals surface area contributed by atoms with Gasteiger partial charge >= 0.3 is 5.97 Å². The second-order valence-corrected chi connectivity index (χ2v) is 5.43. The smallest absolute Gasteiger partial charge is 0.308 e. The molecular weight excluding hydrogens is 246 g/mol. The van der Waals surface area contributed by atoms with Gasteiger partial charge in [-0.15, -0.1) is 0 Å². The van der Waals surface area contributed by atoms with Crippen LogP contribution in [0.5, 0.6) is 0 Å². The van der Waals surface area contributed by atoms with Gasteiger partial charge in [-0.1, -0.05) is 0 Å². The first-order chi connectivity index (χ1) is 9.00. The van der Waals surface area contributed by atoms with Crippen LogP contribution in [0.3, 0.4) is 0 Å². The minimum atomic E-state index is -0.880. The molecule has 1 heterocycles. The van der Waals surface area contributed by atoms with Gasteiger partial charge in [0.15, 0.2) is 0 Å². The predicted octanol–water partition coefficient (Wildman–Crippen LogP) is 1.81. The Hall–Kier alpha value is -1.10. The van der Waals surface area contributed by atoms with Crippen LogP contribution in [0.4, 0.5) is 0 Å². The Morgan fingerprint density at radius 2 is 1.95 bits per heavy atom. The minimum absolute atomic E-state index is 0.0485. The minimum Gasteiger partial charge on any atom is -0.481 e. The van der Waals surface area contributed by atoms with Crippen molar-refractivity contribution in [3.63, 3.8) is 0 Å².